The standard InChI is InChI=1S/C31H36N6O6S.C21H20N6O2S/c1-20(2)44(40,41)23-16-14-21(15-17-23)24-18-32-27(37(28(38)42-30(3,4)5)29(39)43-31(6,7)8)26(33-24)25-19-36(35-34-25)22-12-10-9-11-13-22;1-14(2)30(28,29)17-10-8-15(9-11-17)18-12-23-21(22)20(24-18)19-13-27(26-25-19)16-6-4-3-5-7-16/h9-20H,1-8H3;3-14H,1-2H3,(H2,22,23). The smallest absolute Gasteiger partial charge is 0.425 e. The molecule has 20 nitrogen and oxygen atoms in total. The normalized spacial score (nSPS) is 12.0. The van der Waals surface area contributed by atoms with Gasteiger partial charge in [-0.1, -0.05) is 71.1 Å². The van der Waals surface area contributed by atoms with Gasteiger partial charge in [0.15, 0.2) is 31.3 Å². The third-order valence-electron chi connectivity index (χ3n) is 10.6. The lowest BCUT2D eigenvalue weighted by Gasteiger charge is -2.28. The highest BCUT2D eigenvalue weighted by molar-refractivity contribution is 7.92. The molecular weight excluding hydrogens is 985 g/mol. The summed E-state index contributed by atoms with van der Waals surface area (Å²) in [5, 5.41) is 15.7. The van der Waals surface area contributed by atoms with Gasteiger partial charge in [0.25, 0.3) is 0 Å². The first-order valence-electron chi connectivity index (χ1n) is 23.2. The molecule has 4 heterocycles. The van der Waals surface area contributed by atoms with Crippen LogP contribution in [0.5, 0.6) is 0 Å². The van der Waals surface area contributed by atoms with Gasteiger partial charge in [-0.15, -0.1) is 10.2 Å². The summed E-state index contributed by atoms with van der Waals surface area (Å²) >= 11 is 0. The number of nitrogens with zero attached hydrogens (tertiary/aromatic N) is 11. The van der Waals surface area contributed by atoms with Crippen LogP contribution in [0.3, 0.4) is 0 Å². The van der Waals surface area contributed by atoms with Crippen LogP contribution in [0.4, 0.5) is 21.2 Å². The summed E-state index contributed by atoms with van der Waals surface area (Å²) in [5.41, 5.74) is 9.03. The molecule has 0 fully saturated rings. The zero-order valence-electron chi connectivity index (χ0n) is 42.4. The van der Waals surface area contributed by atoms with Gasteiger partial charge in [-0.3, -0.25) is 0 Å². The molecule has 384 valence electrons. The van der Waals surface area contributed by atoms with Crippen LogP contribution in [0, 0.1) is 0 Å². The zero-order chi connectivity index (χ0) is 53.8. The molecule has 22 heteroatoms. The minimum atomic E-state index is -3.48. The van der Waals surface area contributed by atoms with Crippen LogP contribution in [0.1, 0.15) is 69.2 Å². The average molecular weight is 1040 g/mol. The second kappa shape index (κ2) is 21.5. The summed E-state index contributed by atoms with van der Waals surface area (Å²) < 4.78 is 64.2. The number of rotatable bonds is 11. The van der Waals surface area contributed by atoms with E-state index in [1.807, 2.05) is 60.7 Å². The fraction of sp³-hybridized carbons (Fsp3) is 0.269. The Labute approximate surface area is 429 Å². The third kappa shape index (κ3) is 12.5. The highest BCUT2D eigenvalue weighted by Crippen LogP contribution is 2.33. The zero-order valence-corrected chi connectivity index (χ0v) is 44.1. The lowest BCUT2D eigenvalue weighted by Crippen LogP contribution is -2.44. The van der Waals surface area contributed by atoms with Crippen molar-refractivity contribution in [3.8, 4) is 56.7 Å². The van der Waals surface area contributed by atoms with Gasteiger partial charge in [-0.2, -0.15) is 4.90 Å². The summed E-state index contributed by atoms with van der Waals surface area (Å²) in [6, 6.07) is 31.6. The van der Waals surface area contributed by atoms with Gasteiger partial charge in [0, 0.05) is 11.1 Å². The molecule has 8 aromatic rings. The predicted molar refractivity (Wildman–Crippen MR) is 280 cm³/mol. The Kier molecular flexibility index (Phi) is 15.5. The van der Waals surface area contributed by atoms with Crippen LogP contribution >= 0.6 is 0 Å². The van der Waals surface area contributed by atoms with Crippen LogP contribution in [0.15, 0.2) is 144 Å². The SMILES string of the molecule is CC(C)S(=O)(=O)c1ccc(-c2cnc(N(C(=O)OC(C)(C)C)C(=O)OC(C)(C)C)c(-c3cn(-c4ccccc4)nn3)n2)cc1.CC(C)S(=O)(=O)c1ccc(-c2cnc(N)c(-c3cn(-c4ccccc4)nn3)n2)cc1. The Balaban J connectivity index is 0.000000232. The van der Waals surface area contributed by atoms with Crippen molar-refractivity contribution in [1.82, 2.24) is 49.9 Å². The van der Waals surface area contributed by atoms with Gasteiger partial charge < -0.3 is 15.2 Å². The summed E-state index contributed by atoms with van der Waals surface area (Å²) in [4.78, 5) is 46.1. The summed E-state index contributed by atoms with van der Waals surface area (Å²) in [7, 11) is -6.82. The number of para-hydroxylation sites is 2. The maximum absolute atomic E-state index is 13.5. The van der Waals surface area contributed by atoms with Gasteiger partial charge in [-0.25, -0.2) is 55.7 Å². The number of benzene rings is 4. The molecule has 0 saturated heterocycles. The molecule has 8 rings (SSSR count). The first-order valence-corrected chi connectivity index (χ1v) is 26.3. The quantitative estimate of drug-likeness (QED) is 0.126. The minimum absolute atomic E-state index is 0.0419. The maximum atomic E-state index is 13.5. The van der Waals surface area contributed by atoms with Crippen LogP contribution in [0.2, 0.25) is 0 Å². The van der Waals surface area contributed by atoms with Crippen LogP contribution in [-0.4, -0.2) is 101 Å². The number of nitrogen functional groups attached to an aromatic ring is 1. The predicted octanol–water partition coefficient (Wildman–Crippen LogP) is 9.41. The molecule has 0 saturated carbocycles. The molecule has 4 aromatic heterocycles. The number of anilines is 2. The molecule has 0 unspecified atom stereocenters. The van der Waals surface area contributed by atoms with E-state index in [-0.39, 0.29) is 32.8 Å². The molecule has 0 bridgehead atoms. The number of sulfone groups is 2. The van der Waals surface area contributed by atoms with Crippen molar-refractivity contribution in [1.29, 1.82) is 0 Å². The second-order valence-corrected chi connectivity index (χ2v) is 24.2. The Bertz CT molecular complexity index is 3470. The molecule has 0 aliphatic carbocycles. The number of carbonyl (C=O) groups excluding carboxylic acids is 2. The summed E-state index contributed by atoms with van der Waals surface area (Å²) in [6.45, 7) is 16.6. The van der Waals surface area contributed by atoms with E-state index in [1.54, 1.807) is 129 Å². The number of hydrogen-bond acceptors (Lipinski definition) is 17. The third-order valence-corrected chi connectivity index (χ3v) is 15.0. The van der Waals surface area contributed by atoms with E-state index in [0.717, 1.165) is 16.9 Å². The fourth-order valence-electron chi connectivity index (χ4n) is 6.78. The van der Waals surface area contributed by atoms with Crippen LogP contribution < -0.4 is 10.6 Å². The van der Waals surface area contributed by atoms with E-state index < -0.39 is 53.6 Å². The van der Waals surface area contributed by atoms with E-state index in [2.05, 4.69) is 35.6 Å². The van der Waals surface area contributed by atoms with E-state index in [1.165, 1.54) is 23.0 Å². The number of imide groups is 1. The number of amides is 2. The second-order valence-electron chi connectivity index (χ2n) is 19.2. The molecule has 0 aliphatic heterocycles. The summed E-state index contributed by atoms with van der Waals surface area (Å²) in [6.07, 6.45) is 4.20. The first kappa shape index (κ1) is 53.6. The molecular formula is C52H56N12O8S2. The van der Waals surface area contributed by atoms with Crippen molar-refractivity contribution in [2.75, 3.05) is 10.6 Å². The molecule has 0 atom stereocenters. The lowest BCUT2D eigenvalue weighted by molar-refractivity contribution is 0.0429. The van der Waals surface area contributed by atoms with Gasteiger partial charge in [0.2, 0.25) is 0 Å². The number of aromatic nitrogens is 10. The average Bonchev–Trinajstić information content (AvgIpc) is 4.06. The Hall–Kier alpha value is -8.24. The highest BCUT2D eigenvalue weighted by Gasteiger charge is 2.37. The maximum Gasteiger partial charge on any atom is 0.425 e. The van der Waals surface area contributed by atoms with Gasteiger partial charge in [0.05, 0.1) is 67.8 Å². The van der Waals surface area contributed by atoms with Crippen molar-refractivity contribution in [2.45, 2.75) is 101 Å². The molecule has 74 heavy (non-hydrogen) atoms. The van der Waals surface area contributed by atoms with Gasteiger partial charge in [0.1, 0.15) is 34.0 Å². The van der Waals surface area contributed by atoms with Crippen molar-refractivity contribution in [2.24, 2.45) is 0 Å². The number of carbonyl (C=O) groups is 2. The van der Waals surface area contributed by atoms with E-state index in [0.29, 0.717) is 33.2 Å². The molecule has 2 amide bonds. The molecule has 2 N–H and O–H groups in total. The molecule has 0 aliphatic rings. The van der Waals surface area contributed by atoms with Crippen LogP contribution in [-0.2, 0) is 29.1 Å². The largest absolute Gasteiger partial charge is 0.443 e. The Morgan fingerprint density at radius 2 is 0.919 bits per heavy atom. The van der Waals surface area contributed by atoms with Crippen molar-refractivity contribution >= 4 is 43.5 Å². The van der Waals surface area contributed by atoms with E-state index in [9.17, 15) is 26.4 Å². The van der Waals surface area contributed by atoms with Crippen molar-refractivity contribution in [3.63, 3.8) is 0 Å². The Morgan fingerprint density at radius 3 is 1.31 bits per heavy atom. The number of ether oxygens (including phenoxy) is 2. The van der Waals surface area contributed by atoms with Gasteiger partial charge >= 0.3 is 12.2 Å². The monoisotopic (exact) mass is 1040 g/mol. The Morgan fingerprint density at radius 1 is 0.541 bits per heavy atom. The van der Waals surface area contributed by atoms with Crippen molar-refractivity contribution < 1.29 is 35.9 Å². The molecule has 0 spiro atoms. The lowest BCUT2D eigenvalue weighted by atomic mass is 10.1. The van der Waals surface area contributed by atoms with E-state index in [4.69, 9.17) is 20.2 Å². The highest BCUT2D eigenvalue weighted by atomic mass is 32.2. The van der Waals surface area contributed by atoms with Crippen LogP contribution in [0.25, 0.3) is 56.7 Å². The topological polar surface area (TPSA) is 263 Å². The van der Waals surface area contributed by atoms with Crippen molar-refractivity contribution in [3.05, 3.63) is 134 Å². The molecule has 4 aromatic carbocycles. The van der Waals surface area contributed by atoms with Gasteiger partial charge in [-0.05, 0) is 118 Å². The minimum Gasteiger partial charge on any atom is -0.443 e. The molecule has 0 radical (unpaired) electrons. The fourth-order valence-corrected chi connectivity index (χ4v) is 8.90. The first-order chi connectivity index (χ1) is 34.8. The number of hydrogen-bond donors (Lipinski definition) is 1. The number of nitrogens with two attached hydrogens (primary N) is 1. The van der Waals surface area contributed by atoms with E-state index >= 15 is 0 Å². The summed E-state index contributed by atoms with van der Waals surface area (Å²) in [5.74, 6) is 0.0502.